The predicted octanol–water partition coefficient (Wildman–Crippen LogP) is 4.65. The van der Waals surface area contributed by atoms with Crippen molar-refractivity contribution in [1.82, 2.24) is 14.9 Å². The maximum Gasteiger partial charge on any atom is 0.254 e. The molecule has 0 N–H and O–H groups in total. The number of piperazine rings is 1. The van der Waals surface area contributed by atoms with Gasteiger partial charge in [-0.25, -0.2) is 9.97 Å². The van der Waals surface area contributed by atoms with Crippen molar-refractivity contribution in [2.45, 2.75) is 0 Å². The number of carbonyl (C=O) groups is 1. The van der Waals surface area contributed by atoms with Crippen molar-refractivity contribution in [1.29, 1.82) is 0 Å². The van der Waals surface area contributed by atoms with E-state index in [1.807, 2.05) is 47.5 Å². The number of hydrogen-bond acceptors (Lipinski definition) is 5. The van der Waals surface area contributed by atoms with Crippen molar-refractivity contribution >= 4 is 34.1 Å². The van der Waals surface area contributed by atoms with Gasteiger partial charge in [0.15, 0.2) is 0 Å². The van der Waals surface area contributed by atoms with E-state index in [-0.39, 0.29) is 5.91 Å². The molecule has 0 unspecified atom stereocenters. The highest BCUT2D eigenvalue weighted by atomic mass is 35.5. The molecule has 6 nitrogen and oxygen atoms in total. The minimum atomic E-state index is -0.0192. The molecule has 174 valence electrons. The van der Waals surface area contributed by atoms with Gasteiger partial charge in [0.2, 0.25) is 0 Å². The highest BCUT2D eigenvalue weighted by Gasteiger charge is 2.23. The summed E-state index contributed by atoms with van der Waals surface area (Å²) >= 11 is 6.08. The van der Waals surface area contributed by atoms with E-state index in [4.69, 9.17) is 16.3 Å². The second-order valence-electron chi connectivity index (χ2n) is 8.19. The quantitative estimate of drug-likeness (QED) is 0.398. The number of nitrogens with zero attached hydrogens (tertiary/aromatic N) is 4. The van der Waals surface area contributed by atoms with Gasteiger partial charge in [0.25, 0.3) is 5.91 Å². The van der Waals surface area contributed by atoms with Gasteiger partial charge < -0.3 is 14.5 Å². The van der Waals surface area contributed by atoms with Crippen LogP contribution in [0.5, 0.6) is 5.75 Å². The fraction of sp³-hybridized carbons (Fsp3) is 0.179. The SMILES string of the molecule is COc1ccc(C(=O)N2CCN(c3cc4ccc(Cl)cc4cn3)CC2)cc1C#Cc1ccccn1. The van der Waals surface area contributed by atoms with Crippen molar-refractivity contribution in [2.75, 3.05) is 38.2 Å². The zero-order valence-electron chi connectivity index (χ0n) is 19.2. The molecular weight excluding hydrogens is 460 g/mol. The maximum absolute atomic E-state index is 13.3. The number of rotatable bonds is 3. The normalized spacial score (nSPS) is 13.3. The lowest BCUT2D eigenvalue weighted by molar-refractivity contribution is 0.0746. The van der Waals surface area contributed by atoms with Crippen LogP contribution in [0.25, 0.3) is 10.8 Å². The first-order chi connectivity index (χ1) is 17.1. The average molecular weight is 483 g/mol. The first-order valence-electron chi connectivity index (χ1n) is 11.3. The Morgan fingerprint density at radius 1 is 0.943 bits per heavy atom. The number of pyridine rings is 2. The van der Waals surface area contributed by atoms with Gasteiger partial charge in [0.1, 0.15) is 17.3 Å². The third kappa shape index (κ3) is 5.06. The van der Waals surface area contributed by atoms with E-state index >= 15 is 0 Å². The van der Waals surface area contributed by atoms with Crippen molar-refractivity contribution in [3.8, 4) is 17.6 Å². The lowest BCUT2D eigenvalue weighted by Crippen LogP contribution is -2.49. The summed E-state index contributed by atoms with van der Waals surface area (Å²) in [4.78, 5) is 26.2. The molecule has 0 bridgehead atoms. The molecule has 0 spiro atoms. The summed E-state index contributed by atoms with van der Waals surface area (Å²) in [6.07, 6.45) is 3.54. The van der Waals surface area contributed by atoms with Gasteiger partial charge in [-0.05, 0) is 59.8 Å². The number of aromatic nitrogens is 2. The van der Waals surface area contributed by atoms with Crippen LogP contribution in [0.1, 0.15) is 21.6 Å². The summed E-state index contributed by atoms with van der Waals surface area (Å²) < 4.78 is 5.45. The zero-order chi connectivity index (χ0) is 24.2. The van der Waals surface area contributed by atoms with Crippen molar-refractivity contribution in [3.05, 3.63) is 94.9 Å². The van der Waals surface area contributed by atoms with E-state index < -0.39 is 0 Å². The van der Waals surface area contributed by atoms with Crippen LogP contribution in [0.3, 0.4) is 0 Å². The minimum Gasteiger partial charge on any atom is -0.495 e. The van der Waals surface area contributed by atoms with Crippen LogP contribution in [0, 0.1) is 11.8 Å². The van der Waals surface area contributed by atoms with E-state index in [1.165, 1.54) is 0 Å². The smallest absolute Gasteiger partial charge is 0.254 e. The molecule has 1 aliphatic heterocycles. The lowest BCUT2D eigenvalue weighted by Gasteiger charge is -2.35. The van der Waals surface area contributed by atoms with Gasteiger partial charge in [0, 0.05) is 54.5 Å². The van der Waals surface area contributed by atoms with Crippen LogP contribution in [-0.4, -0.2) is 54.1 Å². The Bertz CT molecular complexity index is 1440. The van der Waals surface area contributed by atoms with Crippen LogP contribution in [0.15, 0.2) is 73.1 Å². The Morgan fingerprint density at radius 2 is 1.80 bits per heavy atom. The Labute approximate surface area is 209 Å². The molecule has 3 heterocycles. The number of amides is 1. The van der Waals surface area contributed by atoms with Crippen molar-refractivity contribution in [3.63, 3.8) is 0 Å². The van der Waals surface area contributed by atoms with Gasteiger partial charge in [-0.1, -0.05) is 29.7 Å². The Balaban J connectivity index is 1.29. The second-order valence-corrected chi connectivity index (χ2v) is 8.63. The molecule has 0 radical (unpaired) electrons. The molecule has 0 aliphatic carbocycles. The monoisotopic (exact) mass is 482 g/mol. The van der Waals surface area contributed by atoms with Crippen LogP contribution in [0.2, 0.25) is 5.02 Å². The first-order valence-corrected chi connectivity index (χ1v) is 11.7. The highest BCUT2D eigenvalue weighted by molar-refractivity contribution is 6.31. The Hall–Kier alpha value is -4.08. The van der Waals surface area contributed by atoms with E-state index in [1.54, 1.807) is 31.5 Å². The third-order valence-electron chi connectivity index (χ3n) is 6.00. The molecule has 35 heavy (non-hydrogen) atoms. The largest absolute Gasteiger partial charge is 0.495 e. The van der Waals surface area contributed by atoms with E-state index in [0.29, 0.717) is 53.8 Å². The second kappa shape index (κ2) is 10.0. The lowest BCUT2D eigenvalue weighted by atomic mass is 10.1. The maximum atomic E-state index is 13.3. The molecule has 7 heteroatoms. The molecule has 1 amide bonds. The van der Waals surface area contributed by atoms with Gasteiger partial charge in [-0.2, -0.15) is 0 Å². The summed E-state index contributed by atoms with van der Waals surface area (Å²) in [7, 11) is 1.59. The molecule has 5 rings (SSSR count). The van der Waals surface area contributed by atoms with Crippen LogP contribution in [0.4, 0.5) is 5.82 Å². The molecule has 2 aromatic heterocycles. The Kier molecular flexibility index (Phi) is 6.51. The number of fused-ring (bicyclic) bond motifs is 1. The van der Waals surface area contributed by atoms with Crippen molar-refractivity contribution in [2.24, 2.45) is 0 Å². The molecular formula is C28H23ClN4O2. The number of anilines is 1. The molecule has 1 aliphatic rings. The molecule has 0 atom stereocenters. The summed E-state index contributed by atoms with van der Waals surface area (Å²) in [6.45, 7) is 2.64. The summed E-state index contributed by atoms with van der Waals surface area (Å²) in [5.74, 6) is 7.64. The topological polar surface area (TPSA) is 58.6 Å². The molecule has 1 saturated heterocycles. The number of methoxy groups -OCH3 is 1. The van der Waals surface area contributed by atoms with Crippen LogP contribution < -0.4 is 9.64 Å². The summed E-state index contributed by atoms with van der Waals surface area (Å²) in [6, 6.07) is 18.8. The van der Waals surface area contributed by atoms with Crippen LogP contribution in [-0.2, 0) is 0 Å². The number of ether oxygens (including phenoxy) is 1. The fourth-order valence-electron chi connectivity index (χ4n) is 4.10. The molecule has 1 fully saturated rings. The van der Waals surface area contributed by atoms with Crippen molar-refractivity contribution < 1.29 is 9.53 Å². The zero-order valence-corrected chi connectivity index (χ0v) is 20.0. The van der Waals surface area contributed by atoms with E-state index in [2.05, 4.69) is 32.8 Å². The summed E-state index contributed by atoms with van der Waals surface area (Å²) in [5, 5.41) is 2.80. The fourth-order valence-corrected chi connectivity index (χ4v) is 4.28. The number of carbonyl (C=O) groups excluding carboxylic acids is 1. The Morgan fingerprint density at radius 3 is 2.57 bits per heavy atom. The van der Waals surface area contributed by atoms with Gasteiger partial charge in [-0.3, -0.25) is 4.79 Å². The van der Waals surface area contributed by atoms with E-state index in [0.717, 1.165) is 16.6 Å². The number of hydrogen-bond donors (Lipinski definition) is 0. The molecule has 4 aromatic rings. The van der Waals surface area contributed by atoms with Gasteiger partial charge in [-0.15, -0.1) is 0 Å². The molecule has 0 saturated carbocycles. The highest BCUT2D eigenvalue weighted by Crippen LogP contribution is 2.24. The molecule has 2 aromatic carbocycles. The van der Waals surface area contributed by atoms with Gasteiger partial charge >= 0.3 is 0 Å². The first kappa shape index (κ1) is 22.7. The average Bonchev–Trinajstić information content (AvgIpc) is 2.91. The standard InChI is InChI=1S/C28H23ClN4O2/c1-35-26-10-7-22(16-21(26)6-9-25-4-2-3-11-30-25)28(34)33-14-12-32(13-15-33)27-18-20-5-8-24(29)17-23(20)19-31-27/h2-5,7-8,10-11,16-19H,12-15H2,1H3. The van der Waals surface area contributed by atoms with E-state index in [9.17, 15) is 4.79 Å². The van der Waals surface area contributed by atoms with Crippen LogP contribution >= 0.6 is 11.6 Å². The summed E-state index contributed by atoms with van der Waals surface area (Å²) in [5.41, 5.74) is 1.90. The predicted molar refractivity (Wildman–Crippen MR) is 138 cm³/mol. The van der Waals surface area contributed by atoms with Gasteiger partial charge in [0.05, 0.1) is 12.7 Å². The number of benzene rings is 2. The number of halogens is 1. The minimum absolute atomic E-state index is 0.0192. The third-order valence-corrected chi connectivity index (χ3v) is 6.23.